The van der Waals surface area contributed by atoms with Crippen LogP contribution in [0, 0.1) is 0 Å². The Labute approximate surface area is 174 Å². The molecule has 0 amide bonds. The van der Waals surface area contributed by atoms with E-state index in [1.807, 2.05) is 30.5 Å². The normalized spacial score (nSPS) is 24.7. The molecular weight excluding hydrogens is 386 g/mol. The Hall–Kier alpha value is -2.70. The molecule has 0 radical (unpaired) electrons. The van der Waals surface area contributed by atoms with Gasteiger partial charge in [-0.15, -0.1) is 0 Å². The van der Waals surface area contributed by atoms with Gasteiger partial charge >= 0.3 is 0 Å². The Bertz CT molecular complexity index is 1120. The second kappa shape index (κ2) is 6.40. The minimum atomic E-state index is 0.324. The van der Waals surface area contributed by atoms with E-state index in [1.54, 1.807) is 0 Å². The molecule has 0 aliphatic carbocycles. The number of morpholine rings is 1. The lowest BCUT2D eigenvalue weighted by Gasteiger charge is -2.28. The first-order valence-corrected chi connectivity index (χ1v) is 10.3. The second-order valence-electron chi connectivity index (χ2n) is 7.94. The summed E-state index contributed by atoms with van der Waals surface area (Å²) in [6, 6.07) is 10.3. The van der Waals surface area contributed by atoms with Crippen LogP contribution in [0.4, 0.5) is 11.5 Å². The number of aliphatic imine (C=N–C) groups is 2. The van der Waals surface area contributed by atoms with E-state index in [2.05, 4.69) is 28.2 Å². The average Bonchev–Trinajstić information content (AvgIpc) is 3.42. The number of nitrogens with one attached hydrogen (secondary N) is 1. The molecule has 4 aliphatic heterocycles. The lowest BCUT2D eigenvalue weighted by Crippen LogP contribution is -2.37. The molecule has 146 valence electrons. The number of amidine groups is 1. The third-order valence-corrected chi connectivity index (χ3v) is 6.38. The van der Waals surface area contributed by atoms with Gasteiger partial charge in [-0.1, -0.05) is 29.8 Å². The zero-order chi connectivity index (χ0) is 19.5. The van der Waals surface area contributed by atoms with Gasteiger partial charge in [-0.25, -0.2) is 9.98 Å². The van der Waals surface area contributed by atoms with Crippen molar-refractivity contribution in [2.45, 2.75) is 25.5 Å². The van der Waals surface area contributed by atoms with Gasteiger partial charge in [-0.2, -0.15) is 0 Å². The third kappa shape index (κ3) is 2.70. The van der Waals surface area contributed by atoms with Crippen molar-refractivity contribution < 1.29 is 4.74 Å². The van der Waals surface area contributed by atoms with Crippen molar-refractivity contribution in [3.63, 3.8) is 0 Å². The molecule has 0 saturated carbocycles. The van der Waals surface area contributed by atoms with Gasteiger partial charge in [0.1, 0.15) is 11.5 Å². The topological polar surface area (TPSA) is 62.1 Å². The zero-order valence-corrected chi connectivity index (χ0v) is 16.8. The van der Waals surface area contributed by atoms with Crippen molar-refractivity contribution in [3.05, 3.63) is 63.9 Å². The van der Waals surface area contributed by atoms with Crippen molar-refractivity contribution in [3.8, 4) is 0 Å². The number of fused-ring (bicyclic) bond motifs is 4. The van der Waals surface area contributed by atoms with Gasteiger partial charge in [0.15, 0.2) is 5.84 Å². The molecule has 2 atom stereocenters. The van der Waals surface area contributed by atoms with Gasteiger partial charge in [0, 0.05) is 35.0 Å². The first-order chi connectivity index (χ1) is 14.2. The highest BCUT2D eigenvalue weighted by molar-refractivity contribution is 6.36. The summed E-state index contributed by atoms with van der Waals surface area (Å²) in [4.78, 5) is 16.8. The summed E-state index contributed by atoms with van der Waals surface area (Å²) in [7, 11) is 0. The van der Waals surface area contributed by atoms with Gasteiger partial charge in [-0.05, 0) is 25.0 Å². The molecule has 1 aromatic heterocycles. The van der Waals surface area contributed by atoms with Crippen LogP contribution < -0.4 is 10.2 Å². The minimum Gasteiger partial charge on any atom is -0.374 e. The third-order valence-electron chi connectivity index (χ3n) is 6.05. The summed E-state index contributed by atoms with van der Waals surface area (Å²) in [5.74, 6) is 1.78. The minimum absolute atomic E-state index is 0.324. The number of ether oxygens (including phenoxy) is 1. The largest absolute Gasteiger partial charge is 0.374 e. The Balaban J connectivity index is 1.50. The molecule has 6 nitrogen and oxygen atoms in total. The van der Waals surface area contributed by atoms with Crippen molar-refractivity contribution in [1.29, 1.82) is 0 Å². The van der Waals surface area contributed by atoms with Crippen LogP contribution in [0.3, 0.4) is 0 Å². The molecule has 5 heterocycles. The summed E-state index contributed by atoms with van der Waals surface area (Å²) in [6.45, 7) is 4.41. The van der Waals surface area contributed by atoms with Gasteiger partial charge in [0.2, 0.25) is 0 Å². The Morgan fingerprint density at radius 2 is 2.14 bits per heavy atom. The van der Waals surface area contributed by atoms with Crippen LogP contribution in [0.2, 0.25) is 5.02 Å². The molecule has 6 rings (SSSR count). The van der Waals surface area contributed by atoms with Crippen molar-refractivity contribution in [2.24, 2.45) is 9.98 Å². The van der Waals surface area contributed by atoms with Gasteiger partial charge in [0.05, 0.1) is 36.7 Å². The monoisotopic (exact) mass is 405 g/mol. The standard InChI is InChI=1S/C22H20ClN5O/c1-12-8-25-22-20(12)27-21(15-4-2-3-5-17(15)23)16-9-24-19(7-18(16)26-22)28-10-14-6-13(28)11-29-14/h2-5,7,9,13-14H,6,8,10-11H2,1H3,(H,25,26). The fourth-order valence-electron chi connectivity index (χ4n) is 4.53. The molecule has 29 heavy (non-hydrogen) atoms. The highest BCUT2D eigenvalue weighted by Crippen LogP contribution is 2.36. The van der Waals surface area contributed by atoms with Gasteiger partial charge in [0.25, 0.3) is 0 Å². The van der Waals surface area contributed by atoms with Crippen LogP contribution in [0.25, 0.3) is 0 Å². The fourth-order valence-corrected chi connectivity index (χ4v) is 4.75. The highest BCUT2D eigenvalue weighted by Gasteiger charge is 2.40. The lowest BCUT2D eigenvalue weighted by molar-refractivity contribution is 0.0989. The number of rotatable bonds is 2. The van der Waals surface area contributed by atoms with Crippen LogP contribution in [-0.4, -0.2) is 48.4 Å². The lowest BCUT2D eigenvalue weighted by atomic mass is 10.0. The zero-order valence-electron chi connectivity index (χ0n) is 16.0. The molecule has 2 aromatic rings. The molecule has 7 heteroatoms. The quantitative estimate of drug-likeness (QED) is 0.828. The van der Waals surface area contributed by atoms with E-state index in [0.717, 1.165) is 65.0 Å². The molecule has 2 unspecified atom stereocenters. The maximum atomic E-state index is 6.54. The van der Waals surface area contributed by atoms with Crippen molar-refractivity contribution in [1.82, 2.24) is 4.98 Å². The summed E-state index contributed by atoms with van der Waals surface area (Å²) in [5, 5.41) is 4.19. The van der Waals surface area contributed by atoms with Crippen molar-refractivity contribution >= 4 is 34.7 Å². The summed E-state index contributed by atoms with van der Waals surface area (Å²) >= 11 is 6.54. The molecule has 4 aliphatic rings. The maximum Gasteiger partial charge on any atom is 0.152 e. The molecule has 1 aromatic carbocycles. The van der Waals surface area contributed by atoms with Gasteiger partial charge < -0.3 is 15.0 Å². The molecule has 2 fully saturated rings. The Kier molecular flexibility index (Phi) is 3.79. The predicted molar refractivity (Wildman–Crippen MR) is 115 cm³/mol. The number of pyridine rings is 1. The van der Waals surface area contributed by atoms with E-state index in [0.29, 0.717) is 23.7 Å². The van der Waals surface area contributed by atoms with Crippen LogP contribution in [0.15, 0.2) is 57.8 Å². The first kappa shape index (κ1) is 17.2. The van der Waals surface area contributed by atoms with E-state index in [9.17, 15) is 0 Å². The second-order valence-corrected chi connectivity index (χ2v) is 8.35. The summed E-state index contributed by atoms with van der Waals surface area (Å²) in [5.41, 5.74) is 5.65. The number of nitrogens with zero attached hydrogens (tertiary/aromatic N) is 4. The number of anilines is 2. The number of halogens is 1. The van der Waals surface area contributed by atoms with Crippen LogP contribution >= 0.6 is 11.6 Å². The highest BCUT2D eigenvalue weighted by atomic mass is 35.5. The van der Waals surface area contributed by atoms with E-state index >= 15 is 0 Å². The summed E-state index contributed by atoms with van der Waals surface area (Å²) < 4.78 is 5.75. The molecular formula is C22H20ClN5O. The van der Waals surface area contributed by atoms with Crippen molar-refractivity contribution in [2.75, 3.05) is 29.9 Å². The van der Waals surface area contributed by atoms with E-state index in [4.69, 9.17) is 26.3 Å². The van der Waals surface area contributed by atoms with E-state index in [1.165, 1.54) is 0 Å². The predicted octanol–water partition coefficient (Wildman–Crippen LogP) is 3.66. The average molecular weight is 406 g/mol. The maximum absolute atomic E-state index is 6.54. The number of benzene rings is 1. The SMILES string of the molecule is CC1=C2N=C(c3ccccc3Cl)c3cnc(N4CC5CC4CO5)cc3NC2=NC1. The molecule has 0 spiro atoms. The number of aromatic nitrogens is 1. The summed E-state index contributed by atoms with van der Waals surface area (Å²) in [6.07, 6.45) is 3.31. The number of hydrogen-bond donors (Lipinski definition) is 1. The van der Waals surface area contributed by atoms with E-state index < -0.39 is 0 Å². The van der Waals surface area contributed by atoms with Crippen LogP contribution in [-0.2, 0) is 4.74 Å². The van der Waals surface area contributed by atoms with Crippen LogP contribution in [0.5, 0.6) is 0 Å². The first-order valence-electron chi connectivity index (χ1n) is 9.91. The smallest absolute Gasteiger partial charge is 0.152 e. The molecule has 1 N–H and O–H groups in total. The van der Waals surface area contributed by atoms with Gasteiger partial charge in [-0.3, -0.25) is 4.99 Å². The number of hydrogen-bond acceptors (Lipinski definition) is 6. The molecule has 2 saturated heterocycles. The van der Waals surface area contributed by atoms with Crippen LogP contribution in [0.1, 0.15) is 24.5 Å². The fraction of sp³-hybridized carbons (Fsp3) is 0.318. The Morgan fingerprint density at radius 3 is 2.93 bits per heavy atom. The Morgan fingerprint density at radius 1 is 1.24 bits per heavy atom. The molecule has 2 bridgehead atoms. The van der Waals surface area contributed by atoms with E-state index in [-0.39, 0.29) is 0 Å².